The van der Waals surface area contributed by atoms with Crippen molar-refractivity contribution in [2.75, 3.05) is 11.9 Å². The first-order chi connectivity index (χ1) is 12.5. The van der Waals surface area contributed by atoms with Crippen LogP contribution in [-0.2, 0) is 14.3 Å². The molecule has 0 spiro atoms. The first-order valence-corrected chi connectivity index (χ1v) is 8.00. The Bertz CT molecular complexity index is 737. The number of hydrogen-bond acceptors (Lipinski definition) is 4. The SMILES string of the molecule is C[C@H](CC(=O)OCC(=O)Nc1ccccc1OC(F)F)c1ccccc1. The Balaban J connectivity index is 1.82. The Kier molecular flexibility index (Phi) is 7.08. The molecule has 0 saturated heterocycles. The standard InChI is InChI=1S/C19H19F2NO4/c1-13(14-7-3-2-4-8-14)11-18(24)25-12-17(23)22-15-9-5-6-10-16(15)26-19(20)21/h2-10,13,19H,11-12H2,1H3,(H,22,23)/t13-/m1/s1. The molecule has 0 radical (unpaired) electrons. The minimum atomic E-state index is -3.01. The molecule has 0 aliphatic heterocycles. The largest absolute Gasteiger partial charge is 0.456 e. The van der Waals surface area contributed by atoms with E-state index in [0.29, 0.717) is 0 Å². The van der Waals surface area contributed by atoms with E-state index < -0.39 is 25.1 Å². The van der Waals surface area contributed by atoms with Crippen molar-refractivity contribution in [3.05, 3.63) is 60.2 Å². The lowest BCUT2D eigenvalue weighted by atomic mass is 9.98. The van der Waals surface area contributed by atoms with Gasteiger partial charge >= 0.3 is 12.6 Å². The van der Waals surface area contributed by atoms with Crippen molar-refractivity contribution < 1.29 is 27.8 Å². The molecule has 2 rings (SSSR count). The predicted molar refractivity (Wildman–Crippen MR) is 92.1 cm³/mol. The molecular weight excluding hydrogens is 344 g/mol. The van der Waals surface area contributed by atoms with Gasteiger partial charge in [0.2, 0.25) is 0 Å². The van der Waals surface area contributed by atoms with Crippen LogP contribution in [0.3, 0.4) is 0 Å². The molecule has 0 heterocycles. The average molecular weight is 363 g/mol. The average Bonchev–Trinajstić information content (AvgIpc) is 2.62. The molecule has 0 aliphatic rings. The minimum absolute atomic E-state index is 0.0491. The van der Waals surface area contributed by atoms with Crippen molar-refractivity contribution in [3.8, 4) is 5.75 Å². The van der Waals surface area contributed by atoms with Gasteiger partial charge in [-0.25, -0.2) is 0 Å². The van der Waals surface area contributed by atoms with Crippen LogP contribution in [-0.4, -0.2) is 25.1 Å². The van der Waals surface area contributed by atoms with E-state index in [4.69, 9.17) is 4.74 Å². The number of halogens is 2. The summed E-state index contributed by atoms with van der Waals surface area (Å²) in [4.78, 5) is 23.7. The minimum Gasteiger partial charge on any atom is -0.456 e. The monoisotopic (exact) mass is 363 g/mol. The molecule has 2 aromatic carbocycles. The van der Waals surface area contributed by atoms with Crippen LogP contribution in [0.4, 0.5) is 14.5 Å². The first kappa shape index (κ1) is 19.4. The molecule has 26 heavy (non-hydrogen) atoms. The van der Waals surface area contributed by atoms with Gasteiger partial charge in [-0.1, -0.05) is 49.4 Å². The summed E-state index contributed by atoms with van der Waals surface area (Å²) in [5.74, 6) is -1.38. The van der Waals surface area contributed by atoms with Crippen molar-refractivity contribution in [2.24, 2.45) is 0 Å². The van der Waals surface area contributed by atoms with E-state index >= 15 is 0 Å². The second kappa shape index (κ2) is 9.50. The van der Waals surface area contributed by atoms with E-state index in [9.17, 15) is 18.4 Å². The lowest BCUT2D eigenvalue weighted by Gasteiger charge is -2.13. The molecule has 0 unspecified atom stereocenters. The Labute approximate surface area is 149 Å². The van der Waals surface area contributed by atoms with Gasteiger partial charge in [-0.3, -0.25) is 9.59 Å². The van der Waals surface area contributed by atoms with Gasteiger partial charge in [-0.2, -0.15) is 8.78 Å². The highest BCUT2D eigenvalue weighted by atomic mass is 19.3. The number of carbonyl (C=O) groups is 2. The van der Waals surface area contributed by atoms with Gasteiger partial charge < -0.3 is 14.8 Å². The predicted octanol–water partition coefficient (Wildman–Crippen LogP) is 3.96. The van der Waals surface area contributed by atoms with Crippen molar-refractivity contribution in [3.63, 3.8) is 0 Å². The zero-order valence-electron chi connectivity index (χ0n) is 14.2. The van der Waals surface area contributed by atoms with Crippen molar-refractivity contribution in [2.45, 2.75) is 25.9 Å². The highest BCUT2D eigenvalue weighted by molar-refractivity contribution is 5.94. The number of alkyl halides is 2. The summed E-state index contributed by atoms with van der Waals surface area (Å²) < 4.78 is 34.0. The molecule has 0 bridgehead atoms. The molecule has 138 valence electrons. The molecule has 0 saturated carbocycles. The Morgan fingerprint density at radius 3 is 2.38 bits per heavy atom. The maximum Gasteiger partial charge on any atom is 0.387 e. The smallest absolute Gasteiger partial charge is 0.387 e. The summed E-state index contributed by atoms with van der Waals surface area (Å²) in [7, 11) is 0. The highest BCUT2D eigenvalue weighted by Crippen LogP contribution is 2.25. The lowest BCUT2D eigenvalue weighted by Crippen LogP contribution is -2.22. The van der Waals surface area contributed by atoms with Crippen LogP contribution < -0.4 is 10.1 Å². The van der Waals surface area contributed by atoms with Crippen molar-refractivity contribution in [1.29, 1.82) is 0 Å². The van der Waals surface area contributed by atoms with Crippen LogP contribution in [0.1, 0.15) is 24.8 Å². The number of rotatable bonds is 8. The maximum atomic E-state index is 12.3. The number of nitrogens with one attached hydrogen (secondary N) is 1. The summed E-state index contributed by atoms with van der Waals surface area (Å²) in [5, 5.41) is 2.38. The van der Waals surface area contributed by atoms with E-state index in [1.165, 1.54) is 18.2 Å². The number of para-hydroxylation sites is 2. The number of esters is 1. The third kappa shape index (κ3) is 6.16. The zero-order valence-corrected chi connectivity index (χ0v) is 14.2. The van der Waals surface area contributed by atoms with Gasteiger partial charge in [0.25, 0.3) is 5.91 Å². The molecular formula is C19H19F2NO4. The van der Waals surface area contributed by atoms with Gasteiger partial charge in [-0.05, 0) is 23.6 Å². The quantitative estimate of drug-likeness (QED) is 0.721. The Morgan fingerprint density at radius 2 is 1.69 bits per heavy atom. The van der Waals surface area contributed by atoms with Gasteiger partial charge in [-0.15, -0.1) is 0 Å². The number of amides is 1. The second-order valence-corrected chi connectivity index (χ2v) is 5.60. The fourth-order valence-electron chi connectivity index (χ4n) is 2.31. The third-order valence-electron chi connectivity index (χ3n) is 3.58. The summed E-state index contributed by atoms with van der Waals surface area (Å²) >= 11 is 0. The Morgan fingerprint density at radius 1 is 1.04 bits per heavy atom. The van der Waals surface area contributed by atoms with Crippen LogP contribution in [0.25, 0.3) is 0 Å². The van der Waals surface area contributed by atoms with Crippen molar-refractivity contribution >= 4 is 17.6 Å². The van der Waals surface area contributed by atoms with E-state index in [0.717, 1.165) is 5.56 Å². The van der Waals surface area contributed by atoms with E-state index in [2.05, 4.69) is 10.1 Å². The van der Waals surface area contributed by atoms with Crippen LogP contribution in [0, 0.1) is 0 Å². The number of ether oxygens (including phenoxy) is 2. The molecule has 2 aromatic rings. The van der Waals surface area contributed by atoms with Gasteiger partial charge in [0.1, 0.15) is 5.75 Å². The summed E-state index contributed by atoms with van der Waals surface area (Å²) in [5.41, 5.74) is 1.07. The van der Waals surface area contributed by atoms with E-state index in [1.807, 2.05) is 37.3 Å². The first-order valence-electron chi connectivity index (χ1n) is 8.00. The van der Waals surface area contributed by atoms with Gasteiger partial charge in [0.05, 0.1) is 12.1 Å². The zero-order chi connectivity index (χ0) is 18.9. The molecule has 1 atom stereocenters. The number of hydrogen-bond donors (Lipinski definition) is 1. The van der Waals surface area contributed by atoms with Crippen LogP contribution >= 0.6 is 0 Å². The topological polar surface area (TPSA) is 64.6 Å². The van der Waals surface area contributed by atoms with Crippen LogP contribution in [0.2, 0.25) is 0 Å². The molecule has 7 heteroatoms. The maximum absolute atomic E-state index is 12.3. The summed E-state index contributed by atoms with van der Waals surface area (Å²) in [6.07, 6.45) is 0.127. The van der Waals surface area contributed by atoms with E-state index in [-0.39, 0.29) is 23.8 Å². The molecule has 5 nitrogen and oxygen atoms in total. The van der Waals surface area contributed by atoms with Gasteiger partial charge in [0, 0.05) is 0 Å². The highest BCUT2D eigenvalue weighted by Gasteiger charge is 2.15. The molecule has 1 N–H and O–H groups in total. The lowest BCUT2D eigenvalue weighted by molar-refractivity contribution is -0.147. The molecule has 1 amide bonds. The second-order valence-electron chi connectivity index (χ2n) is 5.60. The van der Waals surface area contributed by atoms with Gasteiger partial charge in [0.15, 0.2) is 6.61 Å². The number of benzene rings is 2. The molecule has 0 aliphatic carbocycles. The fourth-order valence-corrected chi connectivity index (χ4v) is 2.31. The molecule has 0 aromatic heterocycles. The summed E-state index contributed by atoms with van der Waals surface area (Å²) in [6.45, 7) is -1.64. The normalized spacial score (nSPS) is 11.7. The third-order valence-corrected chi connectivity index (χ3v) is 3.58. The number of carbonyl (C=O) groups excluding carboxylic acids is 2. The van der Waals surface area contributed by atoms with Crippen LogP contribution in [0.5, 0.6) is 5.75 Å². The fraction of sp³-hybridized carbons (Fsp3) is 0.263. The van der Waals surface area contributed by atoms with Crippen LogP contribution in [0.15, 0.2) is 54.6 Å². The van der Waals surface area contributed by atoms with Crippen molar-refractivity contribution in [1.82, 2.24) is 0 Å². The number of anilines is 1. The Hall–Kier alpha value is -2.96. The molecule has 0 fully saturated rings. The summed E-state index contributed by atoms with van der Waals surface area (Å²) in [6, 6.07) is 15.2. The van der Waals surface area contributed by atoms with E-state index in [1.54, 1.807) is 6.07 Å².